The molecule has 0 saturated carbocycles. The van der Waals surface area contributed by atoms with Crippen molar-refractivity contribution in [1.82, 2.24) is 9.78 Å². The Hall–Kier alpha value is -1.85. The van der Waals surface area contributed by atoms with E-state index in [4.69, 9.17) is 10.5 Å². The van der Waals surface area contributed by atoms with Crippen molar-refractivity contribution in [1.29, 1.82) is 0 Å². The first-order valence-corrected chi connectivity index (χ1v) is 5.43. The predicted molar refractivity (Wildman–Crippen MR) is 61.1 cm³/mol. The Morgan fingerprint density at radius 3 is 2.65 bits per heavy atom. The summed E-state index contributed by atoms with van der Waals surface area (Å²) in [6.07, 6.45) is 2.07. The summed E-state index contributed by atoms with van der Waals surface area (Å²) in [6, 6.07) is 0. The number of primary amides is 1. The largest absolute Gasteiger partial charge is 0.449 e. The first kappa shape index (κ1) is 13.2. The van der Waals surface area contributed by atoms with Crippen molar-refractivity contribution >= 4 is 11.9 Å². The molecular weight excluding hydrogens is 222 g/mol. The van der Waals surface area contributed by atoms with Gasteiger partial charge in [0.1, 0.15) is 0 Å². The van der Waals surface area contributed by atoms with Crippen molar-refractivity contribution < 1.29 is 14.3 Å². The van der Waals surface area contributed by atoms with Crippen molar-refractivity contribution in [3.63, 3.8) is 0 Å². The molecular formula is C11H17N3O3. The van der Waals surface area contributed by atoms with Crippen LogP contribution < -0.4 is 5.73 Å². The number of ether oxygens (including phenoxy) is 1. The third-order valence-electron chi connectivity index (χ3n) is 2.11. The fourth-order valence-corrected chi connectivity index (χ4v) is 1.23. The molecule has 94 valence electrons. The highest BCUT2D eigenvalue weighted by molar-refractivity contribution is 5.91. The van der Waals surface area contributed by atoms with Crippen LogP contribution in [0.4, 0.5) is 0 Å². The maximum atomic E-state index is 11.6. The Morgan fingerprint density at radius 2 is 2.12 bits per heavy atom. The minimum atomic E-state index is -0.934. The van der Waals surface area contributed by atoms with Crippen molar-refractivity contribution in [2.45, 2.75) is 33.4 Å². The molecule has 0 bridgehead atoms. The van der Waals surface area contributed by atoms with Gasteiger partial charge in [-0.05, 0) is 12.8 Å². The molecule has 0 aliphatic heterocycles. The van der Waals surface area contributed by atoms with Gasteiger partial charge in [-0.3, -0.25) is 9.48 Å². The van der Waals surface area contributed by atoms with Gasteiger partial charge >= 0.3 is 5.97 Å². The monoisotopic (exact) mass is 239 g/mol. The average molecular weight is 239 g/mol. The maximum absolute atomic E-state index is 11.6. The smallest absolute Gasteiger partial charge is 0.342 e. The van der Waals surface area contributed by atoms with E-state index < -0.39 is 18.0 Å². The van der Waals surface area contributed by atoms with E-state index in [-0.39, 0.29) is 0 Å². The zero-order chi connectivity index (χ0) is 13.0. The third-order valence-corrected chi connectivity index (χ3v) is 2.11. The van der Waals surface area contributed by atoms with E-state index in [1.165, 1.54) is 13.1 Å². The van der Waals surface area contributed by atoms with E-state index >= 15 is 0 Å². The van der Waals surface area contributed by atoms with Gasteiger partial charge in [0.25, 0.3) is 5.91 Å². The van der Waals surface area contributed by atoms with E-state index in [1.54, 1.807) is 10.9 Å². The molecule has 6 nitrogen and oxygen atoms in total. The number of rotatable bonds is 5. The second-order valence-electron chi connectivity index (χ2n) is 4.29. The molecule has 2 N–H and O–H groups in total. The average Bonchev–Trinajstić information content (AvgIpc) is 2.64. The van der Waals surface area contributed by atoms with Gasteiger partial charge in [-0.1, -0.05) is 13.8 Å². The molecule has 0 aromatic carbocycles. The Kier molecular flexibility index (Phi) is 4.25. The topological polar surface area (TPSA) is 87.2 Å². The second-order valence-corrected chi connectivity index (χ2v) is 4.29. The Morgan fingerprint density at radius 1 is 1.47 bits per heavy atom. The van der Waals surface area contributed by atoms with Crippen LogP contribution in [0.3, 0.4) is 0 Å². The van der Waals surface area contributed by atoms with Gasteiger partial charge in [0.15, 0.2) is 6.10 Å². The van der Waals surface area contributed by atoms with Crippen LogP contribution in [0, 0.1) is 5.92 Å². The number of amides is 1. The molecule has 0 saturated heterocycles. The van der Waals surface area contributed by atoms with E-state index in [0.29, 0.717) is 11.5 Å². The molecule has 0 fully saturated rings. The fraction of sp³-hybridized carbons (Fsp3) is 0.545. The molecule has 0 radical (unpaired) electrons. The fourth-order valence-electron chi connectivity index (χ4n) is 1.23. The molecule has 1 atom stereocenters. The molecule has 1 amide bonds. The summed E-state index contributed by atoms with van der Waals surface area (Å²) >= 11 is 0. The SMILES string of the molecule is CC(C)Cn1cc(C(=O)OC(C)C(N)=O)cn1. The molecule has 6 heteroatoms. The minimum absolute atomic E-state index is 0.318. The lowest BCUT2D eigenvalue weighted by Crippen LogP contribution is -2.30. The van der Waals surface area contributed by atoms with Crippen LogP contribution in [-0.4, -0.2) is 27.8 Å². The van der Waals surface area contributed by atoms with Gasteiger partial charge in [-0.25, -0.2) is 4.79 Å². The summed E-state index contributed by atoms with van der Waals surface area (Å²) in [4.78, 5) is 22.3. The van der Waals surface area contributed by atoms with E-state index in [9.17, 15) is 9.59 Å². The second kappa shape index (κ2) is 5.47. The lowest BCUT2D eigenvalue weighted by atomic mass is 10.2. The molecule has 17 heavy (non-hydrogen) atoms. The van der Waals surface area contributed by atoms with Gasteiger partial charge in [0.05, 0.1) is 11.8 Å². The van der Waals surface area contributed by atoms with E-state index in [1.807, 2.05) is 0 Å². The van der Waals surface area contributed by atoms with Gasteiger partial charge in [0, 0.05) is 12.7 Å². The third kappa shape index (κ3) is 3.90. The molecule has 1 aromatic rings. The van der Waals surface area contributed by atoms with Crippen LogP contribution in [0.15, 0.2) is 12.4 Å². The predicted octanol–water partition coefficient (Wildman–Crippen LogP) is 0.570. The number of carbonyl (C=O) groups is 2. The van der Waals surface area contributed by atoms with Crippen LogP contribution in [0.2, 0.25) is 0 Å². The molecule has 0 aliphatic rings. The Balaban J connectivity index is 2.64. The lowest BCUT2D eigenvalue weighted by Gasteiger charge is -2.07. The standard InChI is InChI=1S/C11H17N3O3/c1-7(2)5-14-6-9(4-13-14)11(16)17-8(3)10(12)15/h4,6-8H,5H2,1-3H3,(H2,12,15). The van der Waals surface area contributed by atoms with Gasteiger partial charge in [-0.2, -0.15) is 5.10 Å². The molecule has 1 unspecified atom stereocenters. The van der Waals surface area contributed by atoms with Crippen molar-refractivity contribution in [2.24, 2.45) is 11.7 Å². The highest BCUT2D eigenvalue weighted by Crippen LogP contribution is 2.05. The molecule has 1 aromatic heterocycles. The zero-order valence-corrected chi connectivity index (χ0v) is 10.2. The quantitative estimate of drug-likeness (QED) is 0.761. The number of aromatic nitrogens is 2. The van der Waals surface area contributed by atoms with Crippen molar-refractivity contribution in [2.75, 3.05) is 0 Å². The van der Waals surface area contributed by atoms with Crippen LogP contribution >= 0.6 is 0 Å². The highest BCUT2D eigenvalue weighted by Gasteiger charge is 2.17. The van der Waals surface area contributed by atoms with E-state index in [0.717, 1.165) is 6.54 Å². The molecule has 1 rings (SSSR count). The number of hydrogen-bond acceptors (Lipinski definition) is 4. The zero-order valence-electron chi connectivity index (χ0n) is 10.2. The van der Waals surface area contributed by atoms with Crippen LogP contribution in [0.25, 0.3) is 0 Å². The summed E-state index contributed by atoms with van der Waals surface area (Å²) < 4.78 is 6.51. The number of carbonyl (C=O) groups excluding carboxylic acids is 2. The number of nitrogens with zero attached hydrogens (tertiary/aromatic N) is 2. The first-order valence-electron chi connectivity index (χ1n) is 5.43. The maximum Gasteiger partial charge on any atom is 0.342 e. The number of esters is 1. The lowest BCUT2D eigenvalue weighted by molar-refractivity contribution is -0.125. The number of nitrogens with two attached hydrogens (primary N) is 1. The highest BCUT2D eigenvalue weighted by atomic mass is 16.5. The Bertz CT molecular complexity index is 412. The molecule has 1 heterocycles. The van der Waals surface area contributed by atoms with E-state index in [2.05, 4.69) is 18.9 Å². The summed E-state index contributed by atoms with van der Waals surface area (Å²) in [7, 11) is 0. The van der Waals surface area contributed by atoms with Gasteiger partial charge in [-0.15, -0.1) is 0 Å². The van der Waals surface area contributed by atoms with Crippen LogP contribution in [-0.2, 0) is 16.1 Å². The summed E-state index contributed by atoms with van der Waals surface area (Å²) in [6.45, 7) is 6.25. The van der Waals surface area contributed by atoms with Gasteiger partial charge < -0.3 is 10.5 Å². The van der Waals surface area contributed by atoms with Gasteiger partial charge in [0.2, 0.25) is 0 Å². The van der Waals surface area contributed by atoms with Crippen molar-refractivity contribution in [3.8, 4) is 0 Å². The molecule has 0 spiro atoms. The van der Waals surface area contributed by atoms with Crippen LogP contribution in [0.1, 0.15) is 31.1 Å². The summed E-state index contributed by atoms with van der Waals surface area (Å²) in [5, 5.41) is 4.03. The molecule has 0 aliphatic carbocycles. The first-order chi connectivity index (χ1) is 7.90. The number of hydrogen-bond donors (Lipinski definition) is 1. The normalized spacial score (nSPS) is 12.5. The van der Waals surface area contributed by atoms with Crippen LogP contribution in [0.5, 0.6) is 0 Å². The van der Waals surface area contributed by atoms with Crippen molar-refractivity contribution in [3.05, 3.63) is 18.0 Å². The summed E-state index contributed by atoms with van der Waals surface area (Å²) in [5.41, 5.74) is 5.31. The minimum Gasteiger partial charge on any atom is -0.449 e. The summed E-state index contributed by atoms with van der Waals surface area (Å²) in [5.74, 6) is -0.831. The Labute approximate surface area is 99.7 Å².